The first kappa shape index (κ1) is 15.9. The molecule has 4 heteroatoms. The van der Waals surface area contributed by atoms with Gasteiger partial charge in [0.25, 0.3) is 0 Å². The molecule has 0 aromatic heterocycles. The van der Waals surface area contributed by atoms with E-state index in [0.717, 1.165) is 27.2 Å². The van der Waals surface area contributed by atoms with Crippen LogP contribution in [0.25, 0.3) is 0 Å². The van der Waals surface area contributed by atoms with E-state index in [1.807, 2.05) is 31.2 Å². The Morgan fingerprint density at radius 3 is 2.60 bits per heavy atom. The number of benzene rings is 2. The SMILES string of the molecule is CCOc1ccc(C(Br)Cc2ccccc2Cl)cc1Br. The van der Waals surface area contributed by atoms with E-state index in [4.69, 9.17) is 16.3 Å². The third-order valence-electron chi connectivity index (χ3n) is 2.97. The summed E-state index contributed by atoms with van der Waals surface area (Å²) in [6, 6.07) is 14.1. The van der Waals surface area contributed by atoms with Gasteiger partial charge in [-0.15, -0.1) is 0 Å². The Morgan fingerprint density at radius 2 is 1.95 bits per heavy atom. The summed E-state index contributed by atoms with van der Waals surface area (Å²) in [6.45, 7) is 2.64. The van der Waals surface area contributed by atoms with E-state index in [-0.39, 0.29) is 4.83 Å². The molecule has 0 heterocycles. The molecule has 0 amide bonds. The van der Waals surface area contributed by atoms with Crippen molar-refractivity contribution >= 4 is 43.5 Å². The average Bonchev–Trinajstić information content (AvgIpc) is 2.43. The van der Waals surface area contributed by atoms with Crippen LogP contribution in [-0.2, 0) is 6.42 Å². The Hall–Kier alpha value is -0.510. The molecule has 0 fully saturated rings. The van der Waals surface area contributed by atoms with Gasteiger partial charge in [0.2, 0.25) is 0 Å². The molecule has 1 atom stereocenters. The van der Waals surface area contributed by atoms with Crippen molar-refractivity contribution in [1.29, 1.82) is 0 Å². The number of rotatable bonds is 5. The van der Waals surface area contributed by atoms with Crippen LogP contribution in [-0.4, -0.2) is 6.61 Å². The van der Waals surface area contributed by atoms with Gasteiger partial charge in [-0.25, -0.2) is 0 Å². The van der Waals surface area contributed by atoms with E-state index < -0.39 is 0 Å². The molecule has 0 saturated heterocycles. The fourth-order valence-corrected chi connectivity index (χ4v) is 3.32. The quantitative estimate of drug-likeness (QED) is 0.527. The molecule has 0 N–H and O–H groups in total. The lowest BCUT2D eigenvalue weighted by atomic mass is 10.0. The molecule has 0 aliphatic rings. The van der Waals surface area contributed by atoms with Gasteiger partial charge < -0.3 is 4.74 Å². The molecule has 0 radical (unpaired) electrons. The maximum atomic E-state index is 6.20. The van der Waals surface area contributed by atoms with Crippen molar-refractivity contribution in [3.05, 3.63) is 63.1 Å². The molecule has 2 rings (SSSR count). The molecular weight excluding hydrogens is 403 g/mol. The molecule has 2 aromatic carbocycles. The van der Waals surface area contributed by atoms with Crippen LogP contribution >= 0.6 is 43.5 Å². The second-order valence-electron chi connectivity index (χ2n) is 4.39. The molecular formula is C16H15Br2ClO. The highest BCUT2D eigenvalue weighted by Crippen LogP contribution is 2.34. The summed E-state index contributed by atoms with van der Waals surface area (Å²) in [5.74, 6) is 0.869. The van der Waals surface area contributed by atoms with Crippen molar-refractivity contribution in [3.8, 4) is 5.75 Å². The smallest absolute Gasteiger partial charge is 0.133 e. The van der Waals surface area contributed by atoms with Gasteiger partial charge in [0.05, 0.1) is 11.1 Å². The zero-order valence-corrected chi connectivity index (χ0v) is 15.0. The fraction of sp³-hybridized carbons (Fsp3) is 0.250. The van der Waals surface area contributed by atoms with Crippen molar-refractivity contribution in [2.45, 2.75) is 18.2 Å². The average molecular weight is 419 g/mol. The summed E-state index contributed by atoms with van der Waals surface area (Å²) in [5.41, 5.74) is 2.33. The predicted molar refractivity (Wildman–Crippen MR) is 92.1 cm³/mol. The molecule has 1 unspecified atom stereocenters. The number of halogens is 3. The Balaban J connectivity index is 2.15. The lowest BCUT2D eigenvalue weighted by Crippen LogP contribution is -1.98. The van der Waals surface area contributed by atoms with E-state index in [0.29, 0.717) is 6.61 Å². The van der Waals surface area contributed by atoms with Crippen LogP contribution in [0.1, 0.15) is 22.9 Å². The molecule has 1 nitrogen and oxygen atoms in total. The third-order valence-corrected chi connectivity index (χ3v) is 4.82. The van der Waals surface area contributed by atoms with Crippen LogP contribution in [0.4, 0.5) is 0 Å². The monoisotopic (exact) mass is 416 g/mol. The number of hydrogen-bond acceptors (Lipinski definition) is 1. The van der Waals surface area contributed by atoms with Crippen molar-refractivity contribution in [2.24, 2.45) is 0 Å². The van der Waals surface area contributed by atoms with Gasteiger partial charge in [-0.2, -0.15) is 0 Å². The molecule has 106 valence electrons. The van der Waals surface area contributed by atoms with E-state index >= 15 is 0 Å². The zero-order chi connectivity index (χ0) is 14.5. The lowest BCUT2D eigenvalue weighted by Gasteiger charge is -2.13. The summed E-state index contributed by atoms with van der Waals surface area (Å²) in [6.07, 6.45) is 0.847. The standard InChI is InChI=1S/C16H15Br2ClO/c1-2-20-16-8-7-11(9-14(16)18)13(17)10-12-5-3-4-6-15(12)19/h3-9,13H,2,10H2,1H3. The van der Waals surface area contributed by atoms with Crippen molar-refractivity contribution in [3.63, 3.8) is 0 Å². The number of alkyl halides is 1. The van der Waals surface area contributed by atoms with Gasteiger partial charge >= 0.3 is 0 Å². The van der Waals surface area contributed by atoms with Crippen LogP contribution in [0.3, 0.4) is 0 Å². The van der Waals surface area contributed by atoms with Gasteiger partial charge in [0, 0.05) is 9.85 Å². The molecule has 0 aliphatic heterocycles. The van der Waals surface area contributed by atoms with Gasteiger partial charge in [0.1, 0.15) is 5.75 Å². The highest BCUT2D eigenvalue weighted by Gasteiger charge is 2.12. The summed E-state index contributed by atoms with van der Waals surface area (Å²) < 4.78 is 6.50. The van der Waals surface area contributed by atoms with Gasteiger partial charge in [0.15, 0.2) is 0 Å². The van der Waals surface area contributed by atoms with E-state index in [9.17, 15) is 0 Å². The predicted octanol–water partition coefficient (Wildman–Crippen LogP) is 6.18. The Morgan fingerprint density at radius 1 is 1.20 bits per heavy atom. The fourth-order valence-electron chi connectivity index (χ4n) is 1.96. The van der Waals surface area contributed by atoms with Crippen LogP contribution < -0.4 is 4.74 Å². The van der Waals surface area contributed by atoms with Crippen LogP contribution in [0.5, 0.6) is 5.75 Å². The van der Waals surface area contributed by atoms with E-state index in [1.54, 1.807) is 0 Å². The second-order valence-corrected chi connectivity index (χ2v) is 6.75. The molecule has 0 saturated carbocycles. The van der Waals surface area contributed by atoms with E-state index in [2.05, 4.69) is 50.1 Å². The number of ether oxygens (including phenoxy) is 1. The minimum Gasteiger partial charge on any atom is -0.493 e. The van der Waals surface area contributed by atoms with Crippen LogP contribution in [0, 0.1) is 0 Å². The molecule has 0 bridgehead atoms. The van der Waals surface area contributed by atoms with Crippen LogP contribution in [0.15, 0.2) is 46.9 Å². The van der Waals surface area contributed by atoms with Gasteiger partial charge in [-0.3, -0.25) is 0 Å². The first-order valence-corrected chi connectivity index (χ1v) is 8.50. The second kappa shape index (κ2) is 7.48. The maximum absolute atomic E-state index is 6.20. The highest BCUT2D eigenvalue weighted by atomic mass is 79.9. The molecule has 20 heavy (non-hydrogen) atoms. The third kappa shape index (κ3) is 4.00. The zero-order valence-electron chi connectivity index (χ0n) is 11.1. The lowest BCUT2D eigenvalue weighted by molar-refractivity contribution is 0.338. The summed E-state index contributed by atoms with van der Waals surface area (Å²) in [5, 5.41) is 0.807. The topological polar surface area (TPSA) is 9.23 Å². The minimum atomic E-state index is 0.217. The van der Waals surface area contributed by atoms with Gasteiger partial charge in [-0.1, -0.05) is 51.8 Å². The number of hydrogen-bond donors (Lipinski definition) is 0. The maximum Gasteiger partial charge on any atom is 0.133 e. The largest absolute Gasteiger partial charge is 0.493 e. The normalized spacial score (nSPS) is 12.2. The Bertz CT molecular complexity index is 586. The van der Waals surface area contributed by atoms with E-state index in [1.165, 1.54) is 5.56 Å². The first-order chi connectivity index (χ1) is 9.61. The van der Waals surface area contributed by atoms with Crippen molar-refractivity contribution in [1.82, 2.24) is 0 Å². The van der Waals surface area contributed by atoms with Crippen molar-refractivity contribution < 1.29 is 4.74 Å². The summed E-state index contributed by atoms with van der Waals surface area (Å²) >= 11 is 13.5. The van der Waals surface area contributed by atoms with Crippen LogP contribution in [0.2, 0.25) is 5.02 Å². The molecule has 2 aromatic rings. The minimum absolute atomic E-state index is 0.217. The van der Waals surface area contributed by atoms with Gasteiger partial charge in [-0.05, 0) is 58.6 Å². The first-order valence-electron chi connectivity index (χ1n) is 6.41. The highest BCUT2D eigenvalue weighted by molar-refractivity contribution is 9.10. The Labute approximate surface area is 141 Å². The summed E-state index contributed by atoms with van der Waals surface area (Å²) in [7, 11) is 0. The summed E-state index contributed by atoms with van der Waals surface area (Å²) in [4.78, 5) is 0.217. The van der Waals surface area contributed by atoms with Crippen molar-refractivity contribution in [2.75, 3.05) is 6.61 Å². The molecule has 0 aliphatic carbocycles. The Kier molecular flexibility index (Phi) is 5.94. The molecule has 0 spiro atoms.